The average Bonchev–Trinajstić information content (AvgIpc) is 2.63. The molecule has 3 aromatic rings. The highest BCUT2D eigenvalue weighted by Gasteiger charge is 2.34. The molecular formula is C23H23F3O. The Hall–Kier alpha value is -2.49. The Morgan fingerprint density at radius 3 is 2.19 bits per heavy atom. The normalized spacial score (nSPS) is 11.7. The number of alkyl halides is 2. The molecule has 27 heavy (non-hydrogen) atoms. The van der Waals surface area contributed by atoms with Gasteiger partial charge in [-0.25, -0.2) is 4.39 Å². The van der Waals surface area contributed by atoms with Gasteiger partial charge in [0.25, 0.3) is 0 Å². The molecular weight excluding hydrogens is 349 g/mol. The Balaban J connectivity index is 1.85. The van der Waals surface area contributed by atoms with Gasteiger partial charge in [0, 0.05) is 0 Å². The minimum atomic E-state index is -3.46. The Morgan fingerprint density at radius 1 is 0.815 bits per heavy atom. The molecule has 0 N–H and O–H groups in total. The lowest BCUT2D eigenvalue weighted by Crippen LogP contribution is -2.21. The fourth-order valence-electron chi connectivity index (χ4n) is 3.18. The molecule has 0 saturated carbocycles. The maximum atomic E-state index is 14.5. The summed E-state index contributed by atoms with van der Waals surface area (Å²) in [5.41, 5.74) is 1.45. The zero-order chi connectivity index (χ0) is 19.4. The van der Waals surface area contributed by atoms with E-state index in [1.165, 1.54) is 30.3 Å². The zero-order valence-electron chi connectivity index (χ0n) is 15.6. The van der Waals surface area contributed by atoms with Gasteiger partial charge in [-0.3, -0.25) is 0 Å². The first-order chi connectivity index (χ1) is 12.9. The number of halogens is 3. The van der Waals surface area contributed by atoms with E-state index in [9.17, 15) is 13.2 Å². The second-order valence-electron chi connectivity index (χ2n) is 6.77. The van der Waals surface area contributed by atoms with Crippen LogP contribution in [0.4, 0.5) is 13.2 Å². The maximum Gasteiger partial charge on any atom is 0.426 e. The fourth-order valence-corrected chi connectivity index (χ4v) is 3.18. The molecule has 4 heteroatoms. The maximum absolute atomic E-state index is 14.5. The first-order valence-corrected chi connectivity index (χ1v) is 9.31. The lowest BCUT2D eigenvalue weighted by atomic mass is 10.0. The quantitative estimate of drug-likeness (QED) is 0.433. The molecule has 0 radical (unpaired) electrons. The molecule has 3 aromatic carbocycles. The van der Waals surface area contributed by atoms with Gasteiger partial charge in [0.2, 0.25) is 0 Å². The van der Waals surface area contributed by atoms with Crippen molar-refractivity contribution in [1.82, 2.24) is 0 Å². The molecule has 3 rings (SSSR count). The van der Waals surface area contributed by atoms with Gasteiger partial charge in [-0.2, -0.15) is 8.78 Å². The van der Waals surface area contributed by atoms with Crippen LogP contribution in [-0.4, -0.2) is 0 Å². The lowest BCUT2D eigenvalue weighted by molar-refractivity contribution is -0.185. The molecule has 0 spiro atoms. The summed E-state index contributed by atoms with van der Waals surface area (Å²) < 4.78 is 48.1. The summed E-state index contributed by atoms with van der Waals surface area (Å²) in [6.45, 7) is 4.02. The van der Waals surface area contributed by atoms with Crippen molar-refractivity contribution in [2.45, 2.75) is 45.6 Å². The summed E-state index contributed by atoms with van der Waals surface area (Å²) in [5.74, 6) is -0.312. The van der Waals surface area contributed by atoms with Crippen LogP contribution in [0.25, 0.3) is 10.8 Å². The second-order valence-corrected chi connectivity index (χ2v) is 6.77. The summed E-state index contributed by atoms with van der Waals surface area (Å²) in [5, 5.41) is 1.35. The highest BCUT2D eigenvalue weighted by atomic mass is 19.3. The summed E-state index contributed by atoms with van der Waals surface area (Å²) in [7, 11) is 0. The van der Waals surface area contributed by atoms with Crippen molar-refractivity contribution >= 4 is 10.8 Å². The van der Waals surface area contributed by atoms with Crippen LogP contribution in [0.5, 0.6) is 5.75 Å². The van der Waals surface area contributed by atoms with Gasteiger partial charge in [-0.1, -0.05) is 44.9 Å². The number of rotatable bonds is 7. The van der Waals surface area contributed by atoms with Crippen LogP contribution in [0.15, 0.2) is 54.6 Å². The molecule has 0 unspecified atom stereocenters. The molecule has 1 nitrogen and oxygen atoms in total. The van der Waals surface area contributed by atoms with Crippen molar-refractivity contribution in [3.05, 3.63) is 77.1 Å². The molecule has 0 heterocycles. The molecule has 0 aliphatic carbocycles. The van der Waals surface area contributed by atoms with E-state index in [-0.39, 0.29) is 17.1 Å². The summed E-state index contributed by atoms with van der Waals surface area (Å²) >= 11 is 0. The van der Waals surface area contributed by atoms with Crippen LogP contribution in [0.3, 0.4) is 0 Å². The van der Waals surface area contributed by atoms with Crippen molar-refractivity contribution in [3.63, 3.8) is 0 Å². The van der Waals surface area contributed by atoms with Crippen LogP contribution in [0.1, 0.15) is 43.4 Å². The minimum absolute atomic E-state index is 0.00720. The molecule has 142 valence electrons. The van der Waals surface area contributed by atoms with E-state index in [1.807, 2.05) is 13.8 Å². The number of fused-ring (bicyclic) bond motifs is 1. The number of benzene rings is 3. The molecule has 0 fully saturated rings. The summed E-state index contributed by atoms with van der Waals surface area (Å²) in [4.78, 5) is 0. The summed E-state index contributed by atoms with van der Waals surface area (Å²) in [6, 6.07) is 14.0. The largest absolute Gasteiger partial charge is 0.429 e. The monoisotopic (exact) mass is 372 g/mol. The number of aryl methyl sites for hydroxylation is 2. The van der Waals surface area contributed by atoms with E-state index in [1.54, 1.807) is 24.3 Å². The van der Waals surface area contributed by atoms with E-state index in [4.69, 9.17) is 4.74 Å². The number of hydrogen-bond donors (Lipinski definition) is 0. The Morgan fingerprint density at radius 2 is 1.52 bits per heavy atom. The van der Waals surface area contributed by atoms with Gasteiger partial charge >= 0.3 is 6.11 Å². The third kappa shape index (κ3) is 4.44. The van der Waals surface area contributed by atoms with Gasteiger partial charge in [-0.05, 0) is 71.1 Å². The zero-order valence-corrected chi connectivity index (χ0v) is 15.6. The molecule has 0 aliphatic heterocycles. The van der Waals surface area contributed by atoms with Gasteiger partial charge in [0.05, 0.1) is 5.56 Å². The van der Waals surface area contributed by atoms with Gasteiger partial charge in [0.15, 0.2) is 0 Å². The van der Waals surface area contributed by atoms with Crippen LogP contribution in [0.2, 0.25) is 0 Å². The van der Waals surface area contributed by atoms with Crippen LogP contribution in [-0.2, 0) is 19.0 Å². The molecule has 0 saturated heterocycles. The van der Waals surface area contributed by atoms with Crippen LogP contribution < -0.4 is 4.74 Å². The molecule has 0 bridgehead atoms. The number of hydrogen-bond acceptors (Lipinski definition) is 1. The molecule has 0 aliphatic rings. The van der Waals surface area contributed by atoms with E-state index in [0.29, 0.717) is 17.4 Å². The highest BCUT2D eigenvalue weighted by Crippen LogP contribution is 2.33. The van der Waals surface area contributed by atoms with Crippen molar-refractivity contribution in [1.29, 1.82) is 0 Å². The van der Waals surface area contributed by atoms with Crippen LogP contribution in [0, 0.1) is 5.82 Å². The van der Waals surface area contributed by atoms with E-state index in [2.05, 4.69) is 0 Å². The van der Waals surface area contributed by atoms with E-state index < -0.39 is 6.11 Å². The van der Waals surface area contributed by atoms with Gasteiger partial charge in [-0.15, -0.1) is 0 Å². The highest BCUT2D eigenvalue weighted by molar-refractivity contribution is 5.84. The molecule has 0 atom stereocenters. The third-order valence-electron chi connectivity index (χ3n) is 4.57. The van der Waals surface area contributed by atoms with Gasteiger partial charge < -0.3 is 4.74 Å². The number of ether oxygens (including phenoxy) is 1. The van der Waals surface area contributed by atoms with Crippen molar-refractivity contribution in [2.75, 3.05) is 0 Å². The Bertz CT molecular complexity index is 917. The standard InChI is InChI=1S/C23H23F3O/c1-3-5-16-7-10-20(11-8-16)23(25,26)27-21-12-9-17-13-18(6-4-2)22(24)15-19(17)14-21/h7-15H,3-6H2,1-2H3. The predicted molar refractivity (Wildman–Crippen MR) is 103 cm³/mol. The fraction of sp³-hybridized carbons (Fsp3) is 0.304. The van der Waals surface area contributed by atoms with Crippen molar-refractivity contribution in [2.24, 2.45) is 0 Å². The Kier molecular flexibility index (Phi) is 5.73. The molecule has 0 aromatic heterocycles. The van der Waals surface area contributed by atoms with Crippen molar-refractivity contribution in [3.8, 4) is 5.75 Å². The van der Waals surface area contributed by atoms with E-state index in [0.717, 1.165) is 30.2 Å². The molecule has 0 amide bonds. The third-order valence-corrected chi connectivity index (χ3v) is 4.57. The first kappa shape index (κ1) is 19.3. The van der Waals surface area contributed by atoms with E-state index >= 15 is 0 Å². The summed E-state index contributed by atoms with van der Waals surface area (Å²) in [6.07, 6.45) is -0.166. The first-order valence-electron chi connectivity index (χ1n) is 9.31. The Labute approximate surface area is 157 Å². The topological polar surface area (TPSA) is 9.23 Å². The lowest BCUT2D eigenvalue weighted by Gasteiger charge is -2.19. The van der Waals surface area contributed by atoms with Gasteiger partial charge in [0.1, 0.15) is 11.6 Å². The average molecular weight is 372 g/mol. The van der Waals surface area contributed by atoms with Crippen LogP contribution >= 0.6 is 0 Å². The smallest absolute Gasteiger partial charge is 0.426 e. The second kappa shape index (κ2) is 8.03. The SMILES string of the molecule is CCCc1ccc(C(F)(F)Oc2ccc3cc(CCC)c(F)cc3c2)cc1. The predicted octanol–water partition coefficient (Wildman–Crippen LogP) is 7.01. The minimum Gasteiger partial charge on any atom is -0.429 e. The van der Waals surface area contributed by atoms with Crippen molar-refractivity contribution < 1.29 is 17.9 Å².